The first-order valence-electron chi connectivity index (χ1n) is 11.9. The number of sulfonamides is 1. The van der Waals surface area contributed by atoms with E-state index < -0.39 is 16.1 Å². The summed E-state index contributed by atoms with van der Waals surface area (Å²) in [5, 5.41) is 3.03. The van der Waals surface area contributed by atoms with Gasteiger partial charge in [-0.2, -0.15) is 4.31 Å². The standard InChI is InChI=1S/C24H33N5O4S/c1-18-25-22(17-27(18)2)34(32,33)29-14-10-20(11-15-29)23(30)26-21(16-19-8-4-3-5-9-19)24(31)28-12-6-7-13-28/h3-5,8-9,17,20-21H,6-7,10-16H2,1-2H3,(H,26,30). The Bertz CT molecular complexity index is 1100. The highest BCUT2D eigenvalue weighted by molar-refractivity contribution is 7.89. The molecular formula is C24H33N5O4S. The third kappa shape index (κ3) is 5.33. The minimum absolute atomic E-state index is 0.0366. The number of carbonyl (C=O) groups is 2. The SMILES string of the molecule is Cc1nc(S(=O)(=O)N2CCC(C(=O)NC(Cc3ccccc3)C(=O)N3CCCC3)CC2)cn1C. The van der Waals surface area contributed by atoms with Crippen LogP contribution in [0.25, 0.3) is 0 Å². The molecule has 1 unspecified atom stereocenters. The van der Waals surface area contributed by atoms with Crippen LogP contribution in [0.2, 0.25) is 0 Å². The first kappa shape index (κ1) is 24.4. The van der Waals surface area contributed by atoms with Crippen molar-refractivity contribution in [2.45, 2.75) is 50.1 Å². The number of nitrogens with zero attached hydrogens (tertiary/aromatic N) is 4. The fraction of sp³-hybridized carbons (Fsp3) is 0.542. The summed E-state index contributed by atoms with van der Waals surface area (Å²) in [4.78, 5) is 32.3. The van der Waals surface area contributed by atoms with E-state index in [4.69, 9.17) is 0 Å². The van der Waals surface area contributed by atoms with E-state index in [0.29, 0.717) is 25.1 Å². The molecule has 184 valence electrons. The molecule has 2 aromatic rings. The highest BCUT2D eigenvalue weighted by Crippen LogP contribution is 2.24. The molecule has 2 aliphatic heterocycles. The van der Waals surface area contributed by atoms with Gasteiger partial charge in [-0.15, -0.1) is 0 Å². The summed E-state index contributed by atoms with van der Waals surface area (Å²) in [7, 11) is -1.94. The second-order valence-electron chi connectivity index (χ2n) is 9.20. The van der Waals surface area contributed by atoms with Gasteiger partial charge < -0.3 is 14.8 Å². The van der Waals surface area contributed by atoms with Crippen molar-refractivity contribution in [2.75, 3.05) is 26.2 Å². The smallest absolute Gasteiger partial charge is 0.262 e. The molecule has 0 aliphatic carbocycles. The zero-order valence-electron chi connectivity index (χ0n) is 19.8. The number of rotatable bonds is 7. The van der Waals surface area contributed by atoms with E-state index in [1.54, 1.807) is 18.5 Å². The van der Waals surface area contributed by atoms with Gasteiger partial charge in [-0.3, -0.25) is 9.59 Å². The van der Waals surface area contributed by atoms with Gasteiger partial charge in [0.2, 0.25) is 11.8 Å². The monoisotopic (exact) mass is 487 g/mol. The van der Waals surface area contributed by atoms with E-state index in [2.05, 4.69) is 10.3 Å². The van der Waals surface area contributed by atoms with Crippen LogP contribution in [0.4, 0.5) is 0 Å². The highest BCUT2D eigenvalue weighted by atomic mass is 32.2. The van der Waals surface area contributed by atoms with Gasteiger partial charge in [0.05, 0.1) is 0 Å². The van der Waals surface area contributed by atoms with Gasteiger partial charge in [0.15, 0.2) is 5.03 Å². The lowest BCUT2D eigenvalue weighted by Gasteiger charge is -2.31. The summed E-state index contributed by atoms with van der Waals surface area (Å²) in [5.74, 6) is 0.0704. The second kappa shape index (κ2) is 10.3. The highest BCUT2D eigenvalue weighted by Gasteiger charge is 2.35. The molecule has 1 aromatic carbocycles. The lowest BCUT2D eigenvalue weighted by Crippen LogP contribution is -2.51. The van der Waals surface area contributed by atoms with Crippen LogP contribution < -0.4 is 5.32 Å². The number of hydrogen-bond acceptors (Lipinski definition) is 5. The van der Waals surface area contributed by atoms with E-state index in [0.717, 1.165) is 31.5 Å². The number of amides is 2. The average molecular weight is 488 g/mol. The third-order valence-electron chi connectivity index (χ3n) is 6.83. The van der Waals surface area contributed by atoms with Gasteiger partial charge in [-0.1, -0.05) is 30.3 Å². The van der Waals surface area contributed by atoms with Gasteiger partial charge >= 0.3 is 0 Å². The van der Waals surface area contributed by atoms with Gasteiger partial charge in [0.1, 0.15) is 11.9 Å². The normalized spacial score (nSPS) is 18.7. The summed E-state index contributed by atoms with van der Waals surface area (Å²) < 4.78 is 29.0. The molecule has 0 spiro atoms. The number of nitrogens with one attached hydrogen (secondary N) is 1. The van der Waals surface area contributed by atoms with Crippen molar-refractivity contribution in [2.24, 2.45) is 13.0 Å². The molecule has 9 nitrogen and oxygen atoms in total. The van der Waals surface area contributed by atoms with Crippen LogP contribution in [0.15, 0.2) is 41.6 Å². The van der Waals surface area contributed by atoms with Crippen molar-refractivity contribution in [1.82, 2.24) is 24.1 Å². The van der Waals surface area contributed by atoms with Crippen LogP contribution in [0.1, 0.15) is 37.1 Å². The van der Waals surface area contributed by atoms with E-state index in [9.17, 15) is 18.0 Å². The Hall–Kier alpha value is -2.72. The fourth-order valence-corrected chi connectivity index (χ4v) is 6.13. The Kier molecular flexibility index (Phi) is 7.37. The molecule has 2 aliphatic rings. The Labute approximate surface area is 201 Å². The van der Waals surface area contributed by atoms with Crippen LogP contribution in [-0.2, 0) is 33.1 Å². The molecule has 2 amide bonds. The van der Waals surface area contributed by atoms with Crippen LogP contribution in [0.5, 0.6) is 0 Å². The molecule has 1 aromatic heterocycles. The van der Waals surface area contributed by atoms with E-state index in [1.807, 2.05) is 35.2 Å². The molecule has 1 N–H and O–H groups in total. The quantitative estimate of drug-likeness (QED) is 0.637. The molecule has 1 atom stereocenters. The van der Waals surface area contributed by atoms with E-state index in [-0.39, 0.29) is 35.8 Å². The average Bonchev–Trinajstić information content (AvgIpc) is 3.49. The molecule has 2 saturated heterocycles. The summed E-state index contributed by atoms with van der Waals surface area (Å²) >= 11 is 0. The third-order valence-corrected chi connectivity index (χ3v) is 8.60. The minimum atomic E-state index is -3.69. The molecule has 0 bridgehead atoms. The molecule has 10 heteroatoms. The summed E-state index contributed by atoms with van der Waals surface area (Å²) in [6, 6.07) is 9.07. The predicted molar refractivity (Wildman–Crippen MR) is 127 cm³/mol. The molecular weight excluding hydrogens is 454 g/mol. The second-order valence-corrected chi connectivity index (χ2v) is 11.1. The minimum Gasteiger partial charge on any atom is -0.344 e. The first-order chi connectivity index (χ1) is 16.3. The van der Waals surface area contributed by atoms with E-state index >= 15 is 0 Å². The molecule has 4 rings (SSSR count). The molecule has 34 heavy (non-hydrogen) atoms. The van der Waals surface area contributed by atoms with Crippen LogP contribution in [0.3, 0.4) is 0 Å². The van der Waals surface area contributed by atoms with Gasteiger partial charge in [0.25, 0.3) is 10.0 Å². The topological polar surface area (TPSA) is 105 Å². The van der Waals surface area contributed by atoms with Crippen LogP contribution in [0, 0.1) is 12.8 Å². The van der Waals surface area contributed by atoms with Crippen molar-refractivity contribution >= 4 is 21.8 Å². The van der Waals surface area contributed by atoms with Crippen LogP contribution >= 0.6 is 0 Å². The Morgan fingerprint density at radius 2 is 1.74 bits per heavy atom. The summed E-state index contributed by atoms with van der Waals surface area (Å²) in [6.45, 7) is 3.70. The Morgan fingerprint density at radius 1 is 1.09 bits per heavy atom. The van der Waals surface area contributed by atoms with Crippen LogP contribution in [-0.4, -0.2) is 71.2 Å². The van der Waals surface area contributed by atoms with Gasteiger partial charge in [-0.25, -0.2) is 13.4 Å². The molecule has 3 heterocycles. The first-order valence-corrected chi connectivity index (χ1v) is 13.3. The summed E-state index contributed by atoms with van der Waals surface area (Å²) in [6.07, 6.45) is 4.75. The van der Waals surface area contributed by atoms with Gasteiger partial charge in [-0.05, 0) is 38.2 Å². The number of piperidine rings is 1. The van der Waals surface area contributed by atoms with Crippen molar-refractivity contribution in [3.8, 4) is 0 Å². The van der Waals surface area contributed by atoms with Crippen molar-refractivity contribution in [1.29, 1.82) is 0 Å². The Morgan fingerprint density at radius 3 is 2.32 bits per heavy atom. The molecule has 0 radical (unpaired) electrons. The van der Waals surface area contributed by atoms with E-state index in [1.165, 1.54) is 10.5 Å². The Balaban J connectivity index is 1.39. The maximum Gasteiger partial charge on any atom is 0.262 e. The fourth-order valence-electron chi connectivity index (χ4n) is 4.64. The van der Waals surface area contributed by atoms with Crippen molar-refractivity contribution in [3.63, 3.8) is 0 Å². The number of aromatic nitrogens is 2. The molecule has 0 saturated carbocycles. The number of aryl methyl sites for hydroxylation is 2. The lowest BCUT2D eigenvalue weighted by molar-refractivity contribution is -0.137. The van der Waals surface area contributed by atoms with Crippen molar-refractivity contribution in [3.05, 3.63) is 47.9 Å². The number of benzene rings is 1. The van der Waals surface area contributed by atoms with Gasteiger partial charge in [0, 0.05) is 51.8 Å². The number of imidazole rings is 1. The zero-order valence-corrected chi connectivity index (χ0v) is 20.6. The zero-order chi connectivity index (χ0) is 24.3. The maximum atomic E-state index is 13.2. The predicted octanol–water partition coefficient (Wildman–Crippen LogP) is 1.48. The summed E-state index contributed by atoms with van der Waals surface area (Å²) in [5.41, 5.74) is 0.993. The molecule has 2 fully saturated rings. The number of carbonyl (C=O) groups excluding carboxylic acids is 2. The number of likely N-dealkylation sites (tertiary alicyclic amines) is 1. The van der Waals surface area contributed by atoms with Crippen molar-refractivity contribution < 1.29 is 18.0 Å². The lowest BCUT2D eigenvalue weighted by atomic mass is 9.96. The largest absolute Gasteiger partial charge is 0.344 e. The maximum absolute atomic E-state index is 13.2. The number of hydrogen-bond donors (Lipinski definition) is 1.